The zero-order valence-electron chi connectivity index (χ0n) is 15.6. The van der Waals surface area contributed by atoms with Gasteiger partial charge in [0.25, 0.3) is 0 Å². The molecular formula is C23H29NO2. The lowest BCUT2D eigenvalue weighted by molar-refractivity contribution is 0.129. The number of aliphatic hydroxyl groups is 1. The highest BCUT2D eigenvalue weighted by Gasteiger charge is 2.30. The van der Waals surface area contributed by atoms with Gasteiger partial charge < -0.3 is 14.7 Å². The van der Waals surface area contributed by atoms with E-state index in [2.05, 4.69) is 41.3 Å². The Morgan fingerprint density at radius 2 is 1.92 bits per heavy atom. The molecule has 138 valence electrons. The maximum absolute atomic E-state index is 10.8. The topological polar surface area (TPSA) is 32.7 Å². The van der Waals surface area contributed by atoms with Crippen LogP contribution in [0.3, 0.4) is 0 Å². The zero-order chi connectivity index (χ0) is 17.9. The molecule has 1 saturated heterocycles. The van der Waals surface area contributed by atoms with Crippen LogP contribution in [0.25, 0.3) is 0 Å². The number of hydrogen-bond acceptors (Lipinski definition) is 3. The highest BCUT2D eigenvalue weighted by atomic mass is 16.5. The number of nitrogens with zero attached hydrogens (tertiary/aromatic N) is 1. The van der Waals surface area contributed by atoms with Crippen molar-refractivity contribution in [1.29, 1.82) is 0 Å². The average Bonchev–Trinajstić information content (AvgIpc) is 3.08. The lowest BCUT2D eigenvalue weighted by Gasteiger charge is -2.24. The normalized spacial score (nSPS) is 26.3. The number of likely N-dealkylation sites (tertiary alicyclic amines) is 1. The van der Waals surface area contributed by atoms with E-state index >= 15 is 0 Å². The number of fused-ring (bicyclic) bond motifs is 1. The number of aliphatic hydroxyl groups excluding tert-OH is 1. The van der Waals surface area contributed by atoms with Crippen LogP contribution in [0.1, 0.15) is 48.0 Å². The minimum Gasteiger partial charge on any atom is -0.496 e. The Balaban J connectivity index is 1.40. The Bertz CT molecular complexity index is 730. The number of ether oxygens (including phenoxy) is 1. The fourth-order valence-corrected chi connectivity index (χ4v) is 4.80. The number of rotatable bonds is 4. The first-order valence-electron chi connectivity index (χ1n) is 9.85. The van der Waals surface area contributed by atoms with Gasteiger partial charge in [0, 0.05) is 18.7 Å². The van der Waals surface area contributed by atoms with E-state index in [1.54, 1.807) is 7.11 Å². The standard InChI is InChI=1S/C23H29NO2/c1-26-22-9-5-8-19-11-10-17(14-21(25)23(19)22)15-24-13-12-20(16-24)18-6-3-2-4-7-18/h2-9,17,20-21,25H,10-16H2,1H3. The maximum Gasteiger partial charge on any atom is 0.124 e. The zero-order valence-corrected chi connectivity index (χ0v) is 15.6. The van der Waals surface area contributed by atoms with E-state index in [1.807, 2.05) is 12.1 Å². The third-order valence-electron chi connectivity index (χ3n) is 6.15. The van der Waals surface area contributed by atoms with Crippen LogP contribution in [0.2, 0.25) is 0 Å². The van der Waals surface area contributed by atoms with Crippen LogP contribution in [0.15, 0.2) is 48.5 Å². The fourth-order valence-electron chi connectivity index (χ4n) is 4.80. The van der Waals surface area contributed by atoms with Gasteiger partial charge in [-0.25, -0.2) is 0 Å². The maximum atomic E-state index is 10.8. The quantitative estimate of drug-likeness (QED) is 0.839. The molecule has 2 aromatic carbocycles. The van der Waals surface area contributed by atoms with Gasteiger partial charge in [0.2, 0.25) is 0 Å². The summed E-state index contributed by atoms with van der Waals surface area (Å²) in [7, 11) is 1.69. The van der Waals surface area contributed by atoms with Crippen molar-refractivity contribution in [2.24, 2.45) is 5.92 Å². The monoisotopic (exact) mass is 351 g/mol. The summed E-state index contributed by atoms with van der Waals surface area (Å²) in [5, 5.41) is 10.8. The summed E-state index contributed by atoms with van der Waals surface area (Å²) < 4.78 is 5.50. The molecule has 0 bridgehead atoms. The molecule has 2 aromatic rings. The van der Waals surface area contributed by atoms with Crippen LogP contribution in [0.5, 0.6) is 5.75 Å². The molecule has 1 N–H and O–H groups in total. The summed E-state index contributed by atoms with van der Waals surface area (Å²) in [6.45, 7) is 3.41. The second-order valence-electron chi connectivity index (χ2n) is 7.85. The Kier molecular flexibility index (Phi) is 5.28. The van der Waals surface area contributed by atoms with Gasteiger partial charge in [-0.2, -0.15) is 0 Å². The van der Waals surface area contributed by atoms with Gasteiger partial charge in [0.05, 0.1) is 13.2 Å². The number of methoxy groups -OCH3 is 1. The molecule has 4 rings (SSSR count). The van der Waals surface area contributed by atoms with Crippen LogP contribution in [0.4, 0.5) is 0 Å². The molecule has 0 radical (unpaired) electrons. The smallest absolute Gasteiger partial charge is 0.124 e. The Hall–Kier alpha value is -1.84. The molecule has 1 fully saturated rings. The summed E-state index contributed by atoms with van der Waals surface area (Å²) in [6.07, 6.45) is 3.84. The Labute approximate surface area is 156 Å². The predicted octanol–water partition coefficient (Wildman–Crippen LogP) is 4.17. The molecule has 0 aromatic heterocycles. The van der Waals surface area contributed by atoms with Gasteiger partial charge >= 0.3 is 0 Å². The van der Waals surface area contributed by atoms with Crippen LogP contribution >= 0.6 is 0 Å². The van der Waals surface area contributed by atoms with Gasteiger partial charge in [-0.15, -0.1) is 0 Å². The van der Waals surface area contributed by atoms with Crippen LogP contribution in [0, 0.1) is 5.92 Å². The van der Waals surface area contributed by atoms with Crippen molar-refractivity contribution < 1.29 is 9.84 Å². The molecule has 2 aliphatic rings. The molecular weight excluding hydrogens is 322 g/mol. The highest BCUT2D eigenvalue weighted by molar-refractivity contribution is 5.42. The van der Waals surface area contributed by atoms with E-state index in [-0.39, 0.29) is 0 Å². The van der Waals surface area contributed by atoms with Crippen molar-refractivity contribution in [3.05, 3.63) is 65.2 Å². The molecule has 1 aliphatic carbocycles. The SMILES string of the molecule is COc1cccc2c1C(O)CC(CN1CCC(c3ccccc3)C1)CC2. The first-order chi connectivity index (χ1) is 12.7. The molecule has 1 aliphatic heterocycles. The summed E-state index contributed by atoms with van der Waals surface area (Å²) in [6, 6.07) is 17.0. The lowest BCUT2D eigenvalue weighted by atomic mass is 9.96. The third kappa shape index (κ3) is 3.65. The van der Waals surface area contributed by atoms with Crippen LogP contribution in [-0.4, -0.2) is 36.8 Å². The lowest BCUT2D eigenvalue weighted by Crippen LogP contribution is -2.28. The van der Waals surface area contributed by atoms with E-state index in [0.29, 0.717) is 11.8 Å². The molecule has 0 saturated carbocycles. The molecule has 3 nitrogen and oxygen atoms in total. The van der Waals surface area contributed by atoms with Crippen molar-refractivity contribution >= 4 is 0 Å². The van der Waals surface area contributed by atoms with Gasteiger partial charge in [-0.05, 0) is 61.3 Å². The van der Waals surface area contributed by atoms with E-state index in [4.69, 9.17) is 4.74 Å². The highest BCUT2D eigenvalue weighted by Crippen LogP contribution is 2.38. The van der Waals surface area contributed by atoms with Crippen molar-refractivity contribution in [3.63, 3.8) is 0 Å². The van der Waals surface area contributed by atoms with Crippen molar-refractivity contribution in [3.8, 4) is 5.75 Å². The van der Waals surface area contributed by atoms with E-state index in [9.17, 15) is 5.11 Å². The van der Waals surface area contributed by atoms with E-state index in [0.717, 1.165) is 43.7 Å². The van der Waals surface area contributed by atoms with Crippen LogP contribution < -0.4 is 4.74 Å². The largest absolute Gasteiger partial charge is 0.496 e. The Morgan fingerprint density at radius 1 is 1.08 bits per heavy atom. The second-order valence-corrected chi connectivity index (χ2v) is 7.85. The van der Waals surface area contributed by atoms with E-state index < -0.39 is 6.10 Å². The molecule has 26 heavy (non-hydrogen) atoms. The molecule has 0 spiro atoms. The van der Waals surface area contributed by atoms with Gasteiger partial charge in [-0.3, -0.25) is 0 Å². The van der Waals surface area contributed by atoms with Gasteiger partial charge in [0.1, 0.15) is 5.75 Å². The molecule has 1 heterocycles. The summed E-state index contributed by atoms with van der Waals surface area (Å²) in [5.41, 5.74) is 3.73. The molecule has 3 heteroatoms. The molecule has 0 amide bonds. The number of hydrogen-bond donors (Lipinski definition) is 1. The minimum atomic E-state index is -0.416. The first kappa shape index (κ1) is 17.6. The first-order valence-corrected chi connectivity index (χ1v) is 9.85. The molecule has 3 atom stereocenters. The number of aryl methyl sites for hydroxylation is 1. The van der Waals surface area contributed by atoms with Gasteiger partial charge in [0.15, 0.2) is 0 Å². The summed E-state index contributed by atoms with van der Waals surface area (Å²) in [4.78, 5) is 2.60. The fraction of sp³-hybridized carbons (Fsp3) is 0.478. The van der Waals surface area contributed by atoms with E-state index in [1.165, 1.54) is 24.1 Å². The predicted molar refractivity (Wildman–Crippen MR) is 105 cm³/mol. The van der Waals surface area contributed by atoms with Crippen molar-refractivity contribution in [2.45, 2.75) is 37.7 Å². The minimum absolute atomic E-state index is 0.416. The summed E-state index contributed by atoms with van der Waals surface area (Å²) >= 11 is 0. The second kappa shape index (κ2) is 7.81. The molecule has 3 unspecified atom stereocenters. The third-order valence-corrected chi connectivity index (χ3v) is 6.15. The average molecular weight is 351 g/mol. The van der Waals surface area contributed by atoms with Crippen LogP contribution in [-0.2, 0) is 6.42 Å². The summed E-state index contributed by atoms with van der Waals surface area (Å²) in [5.74, 6) is 2.03. The van der Waals surface area contributed by atoms with Crippen molar-refractivity contribution in [1.82, 2.24) is 4.90 Å². The van der Waals surface area contributed by atoms with Crippen molar-refractivity contribution in [2.75, 3.05) is 26.7 Å². The number of benzene rings is 2. The Morgan fingerprint density at radius 3 is 2.73 bits per heavy atom. The van der Waals surface area contributed by atoms with Gasteiger partial charge in [-0.1, -0.05) is 42.5 Å².